The summed E-state index contributed by atoms with van der Waals surface area (Å²) in [5.74, 6) is 5.40. The highest BCUT2D eigenvalue weighted by molar-refractivity contribution is 5.86. The Morgan fingerprint density at radius 3 is 1.69 bits per heavy atom. The zero-order valence-corrected chi connectivity index (χ0v) is 29.3. The van der Waals surface area contributed by atoms with Crippen LogP contribution in [0.1, 0.15) is 158 Å². The van der Waals surface area contributed by atoms with Crippen LogP contribution in [0.5, 0.6) is 0 Å². The maximum atomic E-state index is 2.52. The summed E-state index contributed by atoms with van der Waals surface area (Å²) in [6.45, 7) is 9.30. The van der Waals surface area contributed by atoms with Crippen LogP contribution in [-0.4, -0.2) is 0 Å². The van der Waals surface area contributed by atoms with Crippen molar-refractivity contribution in [2.24, 2.45) is 23.7 Å². The van der Waals surface area contributed by atoms with Crippen molar-refractivity contribution in [3.05, 3.63) is 82.9 Å². The van der Waals surface area contributed by atoms with Crippen LogP contribution in [0.2, 0.25) is 0 Å². The smallest absolute Gasteiger partial charge is 0.00997 e. The van der Waals surface area contributed by atoms with Crippen LogP contribution in [0.25, 0.3) is 22.3 Å². The monoisotopic (exact) mass is 602 g/mol. The summed E-state index contributed by atoms with van der Waals surface area (Å²) in [7, 11) is 0. The van der Waals surface area contributed by atoms with Crippen LogP contribution in [0.3, 0.4) is 0 Å². The minimum absolute atomic E-state index is 0.691. The Morgan fingerprint density at radius 1 is 0.511 bits per heavy atom. The lowest BCUT2D eigenvalue weighted by Gasteiger charge is -2.38. The Hall–Kier alpha value is -2.34. The van der Waals surface area contributed by atoms with Gasteiger partial charge in [0.2, 0.25) is 0 Å². The van der Waals surface area contributed by atoms with Crippen LogP contribution < -0.4 is 0 Å². The zero-order valence-electron chi connectivity index (χ0n) is 29.3. The normalized spacial score (nSPS) is 27.4. The molecule has 0 unspecified atom stereocenters. The van der Waals surface area contributed by atoms with Gasteiger partial charge in [0.05, 0.1) is 0 Å². The number of hydrogen-bond acceptors (Lipinski definition) is 0. The molecule has 0 heterocycles. The van der Waals surface area contributed by atoms with Gasteiger partial charge < -0.3 is 0 Å². The first-order valence-corrected chi connectivity index (χ1v) is 19.4. The molecule has 242 valence electrons. The second kappa shape index (κ2) is 15.5. The molecule has 0 spiro atoms. The fourth-order valence-electron chi connectivity index (χ4n) is 9.93. The average Bonchev–Trinajstić information content (AvgIpc) is 3.09. The van der Waals surface area contributed by atoms with Gasteiger partial charge in [-0.25, -0.2) is 0 Å². The highest BCUT2D eigenvalue weighted by Crippen LogP contribution is 2.47. The van der Waals surface area contributed by atoms with E-state index < -0.39 is 0 Å². The first-order chi connectivity index (χ1) is 22.1. The van der Waals surface area contributed by atoms with Crippen LogP contribution in [0.4, 0.5) is 0 Å². The van der Waals surface area contributed by atoms with Gasteiger partial charge in [0.1, 0.15) is 0 Å². The third kappa shape index (κ3) is 7.80. The number of hydrogen-bond donors (Lipinski definition) is 0. The number of rotatable bonds is 10. The third-order valence-electron chi connectivity index (χ3n) is 12.7. The number of benzene rings is 3. The Bertz CT molecular complexity index is 1340. The van der Waals surface area contributed by atoms with Crippen LogP contribution in [0.15, 0.2) is 60.7 Å². The minimum Gasteiger partial charge on any atom is -0.0654 e. The van der Waals surface area contributed by atoms with E-state index in [2.05, 4.69) is 88.4 Å². The van der Waals surface area contributed by atoms with E-state index in [1.165, 1.54) is 136 Å². The molecule has 3 aromatic carbocycles. The van der Waals surface area contributed by atoms with Gasteiger partial charge in [-0.1, -0.05) is 126 Å². The van der Waals surface area contributed by atoms with Crippen molar-refractivity contribution in [2.45, 2.75) is 149 Å². The molecule has 0 aromatic heterocycles. The largest absolute Gasteiger partial charge is 0.0654 e. The van der Waals surface area contributed by atoms with Gasteiger partial charge in [0, 0.05) is 0 Å². The molecule has 0 bridgehead atoms. The van der Waals surface area contributed by atoms with Crippen LogP contribution in [-0.2, 0) is 6.42 Å². The van der Waals surface area contributed by atoms with Gasteiger partial charge in [-0.05, 0) is 152 Å². The van der Waals surface area contributed by atoms with E-state index in [0.717, 1.165) is 36.0 Å². The minimum atomic E-state index is 0.691. The van der Waals surface area contributed by atoms with Crippen molar-refractivity contribution in [3.8, 4) is 22.3 Å². The SMILES string of the molecule is CCCC1CCC(c2ccc(-c3ccc(CC)cc3-c3cc(C)ccc3C3CCC(C4CCC(CCC)CC4)CC3)cc2)CC1. The van der Waals surface area contributed by atoms with E-state index >= 15 is 0 Å². The van der Waals surface area contributed by atoms with Crippen LogP contribution >= 0.6 is 0 Å². The molecule has 0 atom stereocenters. The van der Waals surface area contributed by atoms with Crippen molar-refractivity contribution in [3.63, 3.8) is 0 Å². The lowest BCUT2D eigenvalue weighted by atomic mass is 9.67. The van der Waals surface area contributed by atoms with Crippen molar-refractivity contribution in [1.82, 2.24) is 0 Å². The summed E-state index contributed by atoms with van der Waals surface area (Å²) in [5, 5.41) is 0. The summed E-state index contributed by atoms with van der Waals surface area (Å²) in [5.41, 5.74) is 11.8. The Balaban J connectivity index is 1.21. The fourth-order valence-corrected chi connectivity index (χ4v) is 9.93. The van der Waals surface area contributed by atoms with E-state index in [-0.39, 0.29) is 0 Å². The second-order valence-electron chi connectivity index (χ2n) is 15.6. The van der Waals surface area contributed by atoms with E-state index in [1.54, 1.807) is 11.1 Å². The summed E-state index contributed by atoms with van der Waals surface area (Å²) in [4.78, 5) is 0. The topological polar surface area (TPSA) is 0 Å². The maximum Gasteiger partial charge on any atom is -0.00997 e. The molecule has 3 saturated carbocycles. The average molecular weight is 603 g/mol. The Morgan fingerprint density at radius 2 is 1.09 bits per heavy atom. The molecule has 0 saturated heterocycles. The van der Waals surface area contributed by atoms with Gasteiger partial charge >= 0.3 is 0 Å². The summed E-state index contributed by atoms with van der Waals surface area (Å²) >= 11 is 0. The van der Waals surface area contributed by atoms with Gasteiger partial charge in [-0.2, -0.15) is 0 Å². The lowest BCUT2D eigenvalue weighted by molar-refractivity contribution is 0.156. The van der Waals surface area contributed by atoms with Gasteiger partial charge in [0.15, 0.2) is 0 Å². The third-order valence-corrected chi connectivity index (χ3v) is 12.7. The predicted molar refractivity (Wildman–Crippen MR) is 196 cm³/mol. The standard InChI is InChI=1S/C45H62/c1-5-8-34-11-16-36(17-12-34)38-20-24-40(25-21-38)42-28-10-32(4)30-44(42)45-31-33(7-3)15-29-43(45)41-26-22-39(23-27-41)37-18-13-35(9-6-2)14-19-37/h10,15,22-23,26-31,34-38,40H,5-9,11-14,16-21,24-25H2,1-4H3. The van der Waals surface area contributed by atoms with E-state index in [0.29, 0.717) is 5.92 Å². The van der Waals surface area contributed by atoms with E-state index in [1.807, 2.05) is 0 Å². The Kier molecular flexibility index (Phi) is 11.2. The molecule has 0 radical (unpaired) electrons. The highest BCUT2D eigenvalue weighted by atomic mass is 14.4. The molecular formula is C45H62. The molecule has 0 heteroatoms. The molecule has 3 aliphatic rings. The molecule has 6 rings (SSSR count). The highest BCUT2D eigenvalue weighted by Gasteiger charge is 2.32. The molecule has 0 nitrogen and oxygen atoms in total. The zero-order chi connectivity index (χ0) is 31.2. The van der Waals surface area contributed by atoms with Gasteiger partial charge in [-0.3, -0.25) is 0 Å². The van der Waals surface area contributed by atoms with E-state index in [4.69, 9.17) is 0 Å². The van der Waals surface area contributed by atoms with Gasteiger partial charge in [-0.15, -0.1) is 0 Å². The summed E-state index contributed by atoms with van der Waals surface area (Å²) < 4.78 is 0. The molecule has 3 aliphatic carbocycles. The molecule has 3 fully saturated rings. The molecular weight excluding hydrogens is 540 g/mol. The lowest BCUT2D eigenvalue weighted by Crippen LogP contribution is -2.25. The maximum absolute atomic E-state index is 2.52. The molecule has 3 aromatic rings. The molecule has 0 aliphatic heterocycles. The fraction of sp³-hybridized carbons (Fsp3) is 0.600. The Labute approximate surface area is 276 Å². The van der Waals surface area contributed by atoms with E-state index in [9.17, 15) is 0 Å². The quantitative estimate of drug-likeness (QED) is 0.216. The first-order valence-electron chi connectivity index (χ1n) is 19.4. The van der Waals surface area contributed by atoms with Crippen LogP contribution in [0, 0.1) is 30.6 Å². The summed E-state index contributed by atoms with van der Waals surface area (Å²) in [6, 6.07) is 24.5. The molecule has 0 N–H and O–H groups in total. The van der Waals surface area contributed by atoms with Crippen molar-refractivity contribution < 1.29 is 0 Å². The van der Waals surface area contributed by atoms with Crippen molar-refractivity contribution in [2.75, 3.05) is 0 Å². The molecule has 45 heavy (non-hydrogen) atoms. The first kappa shape index (κ1) is 32.6. The molecule has 0 amide bonds. The van der Waals surface area contributed by atoms with Gasteiger partial charge in [0.25, 0.3) is 0 Å². The number of aryl methyl sites for hydroxylation is 2. The predicted octanol–water partition coefficient (Wildman–Crippen LogP) is 13.8. The summed E-state index contributed by atoms with van der Waals surface area (Å²) in [6.07, 6.45) is 23.9. The second-order valence-corrected chi connectivity index (χ2v) is 15.6. The van der Waals surface area contributed by atoms with Crippen molar-refractivity contribution >= 4 is 0 Å². The van der Waals surface area contributed by atoms with Crippen molar-refractivity contribution in [1.29, 1.82) is 0 Å².